The molecule has 0 N–H and O–H groups in total. The maximum absolute atomic E-state index is 13.8. The lowest BCUT2D eigenvalue weighted by Crippen LogP contribution is -2.33. The monoisotopic (exact) mass is 380 g/mol. The van der Waals surface area contributed by atoms with E-state index in [1.807, 2.05) is 0 Å². The van der Waals surface area contributed by atoms with Crippen LogP contribution in [0.15, 0.2) is 48.5 Å². The highest BCUT2D eigenvalue weighted by molar-refractivity contribution is 6.21. The topological polar surface area (TPSA) is 68.6 Å². The highest BCUT2D eigenvalue weighted by Crippen LogP contribution is 2.25. The Bertz CT molecular complexity index is 1080. The number of rotatable bonds is 5. The van der Waals surface area contributed by atoms with Gasteiger partial charge in [-0.1, -0.05) is 12.1 Å². The molecule has 6 nitrogen and oxygen atoms in total. The fraction of sp³-hybridized carbons (Fsp3) is 0.190. The first-order chi connectivity index (χ1) is 13.5. The molecule has 2 aromatic carbocycles. The summed E-state index contributed by atoms with van der Waals surface area (Å²) >= 11 is 0. The zero-order valence-corrected chi connectivity index (χ0v) is 15.1. The fourth-order valence-electron chi connectivity index (χ4n) is 3.48. The first kappa shape index (κ1) is 17.9. The van der Waals surface area contributed by atoms with E-state index in [0.29, 0.717) is 22.0 Å². The zero-order valence-electron chi connectivity index (χ0n) is 15.1. The predicted octanol–water partition coefficient (Wildman–Crippen LogP) is 3.25. The molecule has 2 amide bonds. The molecule has 7 heteroatoms. The van der Waals surface area contributed by atoms with E-state index < -0.39 is 11.8 Å². The number of benzene rings is 2. The van der Waals surface area contributed by atoms with Gasteiger partial charge >= 0.3 is 5.97 Å². The molecule has 0 radical (unpaired) electrons. The Labute approximate surface area is 160 Å². The third-order valence-corrected chi connectivity index (χ3v) is 4.78. The lowest BCUT2D eigenvalue weighted by atomic mass is 10.1. The van der Waals surface area contributed by atoms with Crippen LogP contribution in [0.4, 0.5) is 4.39 Å². The number of hydrogen-bond donors (Lipinski definition) is 0. The lowest BCUT2D eigenvalue weighted by molar-refractivity contribution is 0.0514. The molecule has 0 aliphatic carbocycles. The van der Waals surface area contributed by atoms with Crippen LogP contribution in [0.2, 0.25) is 0 Å². The highest BCUT2D eigenvalue weighted by atomic mass is 19.1. The molecule has 0 spiro atoms. The molecule has 0 unspecified atom stereocenters. The number of aromatic nitrogens is 1. The molecule has 1 aliphatic heterocycles. The summed E-state index contributed by atoms with van der Waals surface area (Å²) in [5, 5.41) is 0.673. The van der Waals surface area contributed by atoms with Crippen molar-refractivity contribution in [2.24, 2.45) is 0 Å². The van der Waals surface area contributed by atoms with E-state index in [4.69, 9.17) is 4.74 Å². The molecule has 0 saturated heterocycles. The summed E-state index contributed by atoms with van der Waals surface area (Å²) in [6, 6.07) is 12.5. The van der Waals surface area contributed by atoms with Crippen LogP contribution in [-0.2, 0) is 11.3 Å². The number of imide groups is 1. The Hall–Kier alpha value is -3.48. The fourth-order valence-corrected chi connectivity index (χ4v) is 3.48. The number of carbonyl (C=O) groups excluding carboxylic acids is 3. The van der Waals surface area contributed by atoms with Crippen molar-refractivity contribution < 1.29 is 23.5 Å². The molecule has 28 heavy (non-hydrogen) atoms. The summed E-state index contributed by atoms with van der Waals surface area (Å²) in [4.78, 5) is 38.6. The molecule has 3 aromatic rings. The van der Waals surface area contributed by atoms with Gasteiger partial charge in [0.05, 0.1) is 23.3 Å². The van der Waals surface area contributed by atoms with Gasteiger partial charge in [-0.25, -0.2) is 9.18 Å². The quantitative estimate of drug-likeness (QED) is 0.503. The minimum absolute atomic E-state index is 0.0546. The Kier molecular flexibility index (Phi) is 4.43. The molecule has 1 aliphatic rings. The number of hydrogen-bond acceptors (Lipinski definition) is 4. The van der Waals surface area contributed by atoms with Crippen molar-refractivity contribution in [1.82, 2.24) is 9.47 Å². The van der Waals surface area contributed by atoms with Crippen LogP contribution < -0.4 is 0 Å². The average molecular weight is 380 g/mol. The van der Waals surface area contributed by atoms with E-state index >= 15 is 0 Å². The van der Waals surface area contributed by atoms with Crippen molar-refractivity contribution in [3.63, 3.8) is 0 Å². The Morgan fingerprint density at radius 1 is 1.00 bits per heavy atom. The molecular weight excluding hydrogens is 363 g/mol. The maximum atomic E-state index is 13.8. The second-order valence-corrected chi connectivity index (χ2v) is 6.41. The van der Waals surface area contributed by atoms with Crippen LogP contribution in [0.3, 0.4) is 0 Å². The highest BCUT2D eigenvalue weighted by Gasteiger charge is 2.35. The molecule has 0 fully saturated rings. The van der Waals surface area contributed by atoms with Gasteiger partial charge in [0.15, 0.2) is 0 Å². The SMILES string of the molecule is CCOC(=O)c1cc2ccc(F)cc2n1CCN1C(=O)c2ccccc2C1=O. The summed E-state index contributed by atoms with van der Waals surface area (Å²) in [6.07, 6.45) is 0. The minimum atomic E-state index is -0.540. The van der Waals surface area contributed by atoms with Crippen LogP contribution in [-0.4, -0.2) is 40.4 Å². The second kappa shape index (κ2) is 6.92. The van der Waals surface area contributed by atoms with Gasteiger partial charge in [0.2, 0.25) is 0 Å². The lowest BCUT2D eigenvalue weighted by Gasteiger charge is -2.16. The summed E-state index contributed by atoms with van der Waals surface area (Å²) in [5.41, 5.74) is 1.47. The van der Waals surface area contributed by atoms with Gasteiger partial charge < -0.3 is 9.30 Å². The van der Waals surface area contributed by atoms with Crippen LogP contribution in [0.25, 0.3) is 10.9 Å². The molecule has 1 aromatic heterocycles. The van der Waals surface area contributed by atoms with Crippen LogP contribution >= 0.6 is 0 Å². The Morgan fingerprint density at radius 2 is 1.68 bits per heavy atom. The maximum Gasteiger partial charge on any atom is 0.354 e. The number of esters is 1. The third kappa shape index (κ3) is 2.85. The van der Waals surface area contributed by atoms with Crippen molar-refractivity contribution in [3.05, 3.63) is 71.2 Å². The van der Waals surface area contributed by atoms with Crippen molar-refractivity contribution >= 4 is 28.7 Å². The van der Waals surface area contributed by atoms with E-state index in [0.717, 1.165) is 4.90 Å². The summed E-state index contributed by atoms with van der Waals surface area (Å²) < 4.78 is 20.4. The number of ether oxygens (including phenoxy) is 1. The first-order valence-corrected chi connectivity index (χ1v) is 8.92. The summed E-state index contributed by atoms with van der Waals surface area (Å²) in [7, 11) is 0. The van der Waals surface area contributed by atoms with Gasteiger partial charge in [-0.05, 0) is 43.3 Å². The summed E-state index contributed by atoms with van der Waals surface area (Å²) in [5.74, 6) is -1.73. The van der Waals surface area contributed by atoms with Gasteiger partial charge in [0, 0.05) is 18.5 Å². The van der Waals surface area contributed by atoms with Crippen molar-refractivity contribution in [3.8, 4) is 0 Å². The molecule has 142 valence electrons. The summed E-state index contributed by atoms with van der Waals surface area (Å²) in [6.45, 7) is 2.10. The average Bonchev–Trinajstić information content (AvgIpc) is 3.16. The number of fused-ring (bicyclic) bond motifs is 2. The van der Waals surface area contributed by atoms with Crippen molar-refractivity contribution in [1.29, 1.82) is 0 Å². The van der Waals surface area contributed by atoms with Gasteiger partial charge in [-0.3, -0.25) is 14.5 Å². The zero-order chi connectivity index (χ0) is 19.8. The first-order valence-electron chi connectivity index (χ1n) is 8.92. The van der Waals surface area contributed by atoms with E-state index in [-0.39, 0.29) is 37.2 Å². The van der Waals surface area contributed by atoms with Gasteiger partial charge in [0.1, 0.15) is 11.5 Å². The minimum Gasteiger partial charge on any atom is -0.461 e. The van der Waals surface area contributed by atoms with Crippen LogP contribution in [0, 0.1) is 5.82 Å². The standard InChI is InChI=1S/C21H17FN2O4/c1-2-28-21(27)18-11-13-7-8-14(22)12-17(13)23(18)9-10-24-19(25)15-5-3-4-6-16(15)20(24)26/h3-8,11-12H,2,9-10H2,1H3. The van der Waals surface area contributed by atoms with E-state index in [1.54, 1.807) is 47.9 Å². The third-order valence-electron chi connectivity index (χ3n) is 4.78. The van der Waals surface area contributed by atoms with Gasteiger partial charge in [-0.2, -0.15) is 0 Å². The van der Waals surface area contributed by atoms with Crippen molar-refractivity contribution in [2.45, 2.75) is 13.5 Å². The van der Waals surface area contributed by atoms with Crippen molar-refractivity contribution in [2.75, 3.05) is 13.2 Å². The number of halogens is 1. The largest absolute Gasteiger partial charge is 0.461 e. The van der Waals surface area contributed by atoms with E-state index in [9.17, 15) is 18.8 Å². The second-order valence-electron chi connectivity index (χ2n) is 6.41. The number of amides is 2. The Morgan fingerprint density at radius 3 is 2.32 bits per heavy atom. The van der Waals surface area contributed by atoms with Crippen LogP contribution in [0.5, 0.6) is 0 Å². The predicted molar refractivity (Wildman–Crippen MR) is 99.7 cm³/mol. The van der Waals surface area contributed by atoms with Gasteiger partial charge in [-0.15, -0.1) is 0 Å². The smallest absolute Gasteiger partial charge is 0.354 e. The molecule has 0 bridgehead atoms. The molecule has 0 saturated carbocycles. The molecule has 0 atom stereocenters. The number of carbonyl (C=O) groups is 3. The van der Waals surface area contributed by atoms with E-state index in [2.05, 4.69) is 0 Å². The molecule has 4 rings (SSSR count). The number of nitrogens with zero attached hydrogens (tertiary/aromatic N) is 2. The Balaban J connectivity index is 1.67. The van der Waals surface area contributed by atoms with Crippen LogP contribution in [0.1, 0.15) is 38.1 Å². The molecular formula is C21H17FN2O4. The normalized spacial score (nSPS) is 13.3. The van der Waals surface area contributed by atoms with E-state index in [1.165, 1.54) is 12.1 Å². The van der Waals surface area contributed by atoms with Gasteiger partial charge in [0.25, 0.3) is 11.8 Å². The molecule has 2 heterocycles.